The molecule has 0 radical (unpaired) electrons. The van der Waals surface area contributed by atoms with Crippen LogP contribution in [0.1, 0.15) is 43.2 Å². The number of hydrogen-bond acceptors (Lipinski definition) is 6. The normalized spacial score (nSPS) is 28.2. The average molecular weight is 525 g/mol. The van der Waals surface area contributed by atoms with E-state index in [1.165, 1.54) is 24.5 Å². The van der Waals surface area contributed by atoms with Crippen LogP contribution in [0.3, 0.4) is 0 Å². The number of sulfone groups is 1. The fourth-order valence-electron chi connectivity index (χ4n) is 5.79. The smallest absolute Gasteiger partial charge is 0.490 e. The molecule has 36 heavy (non-hydrogen) atoms. The molecule has 2 saturated heterocycles. The van der Waals surface area contributed by atoms with Crippen molar-refractivity contribution < 1.29 is 31.1 Å². The van der Waals surface area contributed by atoms with Crippen LogP contribution in [0.25, 0.3) is 0 Å². The Morgan fingerprint density at radius 3 is 2.50 bits per heavy atom. The first-order valence-corrected chi connectivity index (χ1v) is 14.4. The van der Waals surface area contributed by atoms with E-state index in [1.807, 2.05) is 30.3 Å². The monoisotopic (exact) mass is 524 g/mol. The molecule has 4 atom stereocenters. The molecule has 2 aromatic carbocycles. The zero-order valence-corrected chi connectivity index (χ0v) is 20.9. The van der Waals surface area contributed by atoms with Crippen molar-refractivity contribution in [3.05, 3.63) is 59.7 Å². The maximum atomic E-state index is 12.8. The Balaban J connectivity index is 1.41. The molecule has 6 nitrogen and oxygen atoms in total. The van der Waals surface area contributed by atoms with Gasteiger partial charge in [0.25, 0.3) is 0 Å². The highest BCUT2D eigenvalue weighted by Crippen LogP contribution is 2.46. The summed E-state index contributed by atoms with van der Waals surface area (Å²) in [5.74, 6) is 0.388. The summed E-state index contributed by atoms with van der Waals surface area (Å²) in [6.45, 7) is 0.291. The molecule has 1 saturated carbocycles. The zero-order valence-electron chi connectivity index (χ0n) is 20.1. The van der Waals surface area contributed by atoms with Gasteiger partial charge in [-0.05, 0) is 61.8 Å². The van der Waals surface area contributed by atoms with Gasteiger partial charge < -0.3 is 20.1 Å². The molecule has 3 aliphatic rings. The van der Waals surface area contributed by atoms with Crippen LogP contribution in [-0.4, -0.2) is 45.0 Å². The summed E-state index contributed by atoms with van der Waals surface area (Å²) in [6.07, 6.45) is 0.742. The highest BCUT2D eigenvalue weighted by molar-refractivity contribution is 7.90. The molecular formula is C26H31F3N2O4S. The number of nitrogens with one attached hydrogen (secondary N) is 2. The number of halogens is 3. The summed E-state index contributed by atoms with van der Waals surface area (Å²) in [5, 5.41) is 7.33. The van der Waals surface area contributed by atoms with E-state index in [2.05, 4.69) is 15.4 Å². The highest BCUT2D eigenvalue weighted by Gasteiger charge is 2.53. The second-order valence-electron chi connectivity index (χ2n) is 10.3. The van der Waals surface area contributed by atoms with Crippen molar-refractivity contribution >= 4 is 9.84 Å². The molecule has 0 amide bonds. The zero-order chi connectivity index (χ0) is 25.6. The number of benzene rings is 2. The largest absolute Gasteiger partial charge is 0.573 e. The van der Waals surface area contributed by atoms with Crippen LogP contribution in [0.15, 0.2) is 48.5 Å². The van der Waals surface area contributed by atoms with E-state index in [1.54, 1.807) is 0 Å². The lowest BCUT2D eigenvalue weighted by Crippen LogP contribution is -2.58. The predicted octanol–water partition coefficient (Wildman–Crippen LogP) is 4.30. The summed E-state index contributed by atoms with van der Waals surface area (Å²) >= 11 is 0. The molecule has 10 heteroatoms. The van der Waals surface area contributed by atoms with Crippen LogP contribution >= 0.6 is 0 Å². The molecule has 3 fully saturated rings. The third kappa shape index (κ3) is 5.81. The molecule has 2 heterocycles. The Kier molecular flexibility index (Phi) is 6.72. The van der Waals surface area contributed by atoms with E-state index in [9.17, 15) is 21.6 Å². The van der Waals surface area contributed by atoms with Crippen molar-refractivity contribution in [1.29, 1.82) is 0 Å². The number of rotatable bonds is 9. The molecule has 0 unspecified atom stereocenters. The van der Waals surface area contributed by atoms with Crippen LogP contribution in [0.4, 0.5) is 13.2 Å². The highest BCUT2D eigenvalue weighted by atomic mass is 32.2. The Bertz CT molecular complexity index is 1190. The van der Waals surface area contributed by atoms with E-state index < -0.39 is 21.7 Å². The van der Waals surface area contributed by atoms with Crippen molar-refractivity contribution in [2.24, 2.45) is 5.92 Å². The average Bonchev–Trinajstić information content (AvgIpc) is 3.57. The van der Waals surface area contributed by atoms with Crippen molar-refractivity contribution in [2.45, 2.75) is 68.7 Å². The van der Waals surface area contributed by atoms with Gasteiger partial charge in [-0.1, -0.05) is 30.3 Å². The predicted molar refractivity (Wildman–Crippen MR) is 129 cm³/mol. The van der Waals surface area contributed by atoms with Gasteiger partial charge in [0, 0.05) is 30.4 Å². The number of hydrogen-bond donors (Lipinski definition) is 2. The minimum atomic E-state index is -4.78. The number of piperidine rings is 1. The first kappa shape index (κ1) is 25.4. The van der Waals surface area contributed by atoms with Gasteiger partial charge in [-0.3, -0.25) is 0 Å². The van der Waals surface area contributed by atoms with Crippen LogP contribution in [0.2, 0.25) is 0 Å². The third-order valence-electron chi connectivity index (χ3n) is 7.39. The van der Waals surface area contributed by atoms with Gasteiger partial charge in [0.2, 0.25) is 0 Å². The summed E-state index contributed by atoms with van der Waals surface area (Å²) < 4.78 is 72.9. The Hall–Kier alpha value is -2.30. The fraction of sp³-hybridized carbons (Fsp3) is 0.538. The quantitative estimate of drug-likeness (QED) is 0.510. The van der Waals surface area contributed by atoms with Crippen LogP contribution in [0.5, 0.6) is 11.5 Å². The summed E-state index contributed by atoms with van der Waals surface area (Å²) in [6, 6.07) is 14.2. The molecule has 196 valence electrons. The molecule has 2 N–H and O–H groups in total. The van der Waals surface area contributed by atoms with Gasteiger partial charge >= 0.3 is 6.36 Å². The number of alkyl halides is 3. The first-order valence-electron chi connectivity index (χ1n) is 12.3. The van der Waals surface area contributed by atoms with Gasteiger partial charge in [0.15, 0.2) is 0 Å². The maximum absolute atomic E-state index is 12.8. The van der Waals surface area contributed by atoms with Crippen LogP contribution < -0.4 is 20.1 Å². The molecule has 0 aromatic heterocycles. The van der Waals surface area contributed by atoms with E-state index in [0.717, 1.165) is 31.2 Å². The lowest BCUT2D eigenvalue weighted by molar-refractivity contribution is -0.274. The van der Waals surface area contributed by atoms with E-state index >= 15 is 0 Å². The topological polar surface area (TPSA) is 76.7 Å². The third-order valence-corrected chi connectivity index (χ3v) is 8.42. The van der Waals surface area contributed by atoms with Gasteiger partial charge in [-0.2, -0.15) is 0 Å². The molecule has 2 aliphatic heterocycles. The van der Waals surface area contributed by atoms with Gasteiger partial charge in [0.1, 0.15) is 21.3 Å². The summed E-state index contributed by atoms with van der Waals surface area (Å²) in [7, 11) is -3.14. The van der Waals surface area contributed by atoms with Crippen molar-refractivity contribution in [1.82, 2.24) is 10.6 Å². The van der Waals surface area contributed by atoms with Crippen LogP contribution in [-0.2, 0) is 21.9 Å². The Morgan fingerprint density at radius 2 is 1.83 bits per heavy atom. The lowest BCUT2D eigenvalue weighted by Gasteiger charge is -2.43. The Morgan fingerprint density at radius 1 is 1.08 bits per heavy atom. The van der Waals surface area contributed by atoms with E-state index in [-0.39, 0.29) is 35.6 Å². The van der Waals surface area contributed by atoms with E-state index in [0.29, 0.717) is 24.3 Å². The molecule has 2 aromatic rings. The minimum Gasteiger partial charge on any atom is -0.490 e. The molecule has 2 bridgehead atoms. The SMILES string of the molecule is CS(=O)(=O)C[C@@H]1C[C@]2(c3ccccc3)N[C@H]1CC[C@H]2NCc1cc(OC(F)(F)F)ccc1OC1CC1. The first-order chi connectivity index (χ1) is 17.0. The molecule has 0 spiro atoms. The maximum Gasteiger partial charge on any atom is 0.573 e. The van der Waals surface area contributed by atoms with Gasteiger partial charge in [0.05, 0.1) is 17.4 Å². The minimum absolute atomic E-state index is 0.00993. The molecule has 1 aliphatic carbocycles. The lowest BCUT2D eigenvalue weighted by atomic mass is 9.78. The number of fused-ring (bicyclic) bond motifs is 2. The number of ether oxygens (including phenoxy) is 2. The van der Waals surface area contributed by atoms with Gasteiger partial charge in [-0.15, -0.1) is 13.2 Å². The van der Waals surface area contributed by atoms with E-state index in [4.69, 9.17) is 4.74 Å². The fourth-order valence-corrected chi connectivity index (χ4v) is 6.92. The second kappa shape index (κ2) is 9.54. The standard InChI is InChI=1S/C26H31F3N2O4S/c1-36(32,33)16-18-14-25(19-5-3-2-4-6-19)24(12-10-22(18)31-25)30-15-17-13-21(35-26(27,28)29)9-11-23(17)34-20-7-8-20/h2-6,9,11,13,18,20,22,24,30-31H,7-8,10,12,14-16H2,1H3/t18-,22-,24+,25+/m0/s1. The molecular weight excluding hydrogens is 493 g/mol. The van der Waals surface area contributed by atoms with Crippen molar-refractivity contribution in [3.8, 4) is 11.5 Å². The van der Waals surface area contributed by atoms with Crippen molar-refractivity contribution in [2.75, 3.05) is 12.0 Å². The summed E-state index contributed by atoms with van der Waals surface area (Å²) in [5.41, 5.74) is 1.20. The van der Waals surface area contributed by atoms with Crippen molar-refractivity contribution in [3.63, 3.8) is 0 Å². The summed E-state index contributed by atoms with van der Waals surface area (Å²) in [4.78, 5) is 0. The second-order valence-corrected chi connectivity index (χ2v) is 12.5. The van der Waals surface area contributed by atoms with Crippen LogP contribution in [0, 0.1) is 5.92 Å². The Labute approximate surface area is 209 Å². The van der Waals surface area contributed by atoms with Gasteiger partial charge in [-0.25, -0.2) is 8.42 Å². The molecule has 5 rings (SSSR count).